The predicted molar refractivity (Wildman–Crippen MR) is 80.2 cm³/mol. The van der Waals surface area contributed by atoms with E-state index in [0.29, 0.717) is 11.8 Å². The quantitative estimate of drug-likeness (QED) is 0.767. The van der Waals surface area contributed by atoms with Gasteiger partial charge in [0.15, 0.2) is 0 Å². The topological polar surface area (TPSA) is 43.2 Å². The van der Waals surface area contributed by atoms with Crippen molar-refractivity contribution in [2.75, 3.05) is 11.5 Å². The molecule has 104 valence electrons. The first-order valence-corrected chi connectivity index (χ1v) is 8.27. The van der Waals surface area contributed by atoms with E-state index in [1.807, 2.05) is 0 Å². The molecule has 2 aliphatic carbocycles. The average Bonchev–Trinajstić information content (AvgIpc) is 3.15. The Bertz CT molecular complexity index is 424. The van der Waals surface area contributed by atoms with E-state index in [-0.39, 0.29) is 17.6 Å². The van der Waals surface area contributed by atoms with Gasteiger partial charge in [-0.05, 0) is 25.7 Å². The molecule has 4 unspecified atom stereocenters. The van der Waals surface area contributed by atoms with E-state index in [1.54, 1.807) is 0 Å². The van der Waals surface area contributed by atoms with Crippen LogP contribution in [-0.4, -0.2) is 35.1 Å². The smallest absolute Gasteiger partial charge is 0.144 e. The summed E-state index contributed by atoms with van der Waals surface area (Å²) in [6.07, 6.45) is 4.87. The van der Waals surface area contributed by atoms with Gasteiger partial charge in [-0.2, -0.15) is 25.3 Å². The minimum atomic E-state index is 0.0325. The van der Waals surface area contributed by atoms with E-state index in [9.17, 15) is 0 Å². The van der Waals surface area contributed by atoms with Crippen molar-refractivity contribution in [1.82, 2.24) is 0 Å². The van der Waals surface area contributed by atoms with Gasteiger partial charge in [0.2, 0.25) is 0 Å². The predicted octanol–water partition coefficient (Wildman–Crippen LogP) is 2.16. The van der Waals surface area contributed by atoms with Crippen LogP contribution in [0.15, 0.2) is 10.3 Å². The Balaban J connectivity index is 1.67. The van der Waals surface area contributed by atoms with Crippen molar-refractivity contribution in [2.24, 2.45) is 27.6 Å². The minimum Gasteiger partial charge on any atom is -0.391 e. The van der Waals surface area contributed by atoms with E-state index in [0.717, 1.165) is 37.2 Å². The van der Waals surface area contributed by atoms with Gasteiger partial charge in [-0.15, -0.1) is 0 Å². The maximum atomic E-state index is 5.56. The summed E-state index contributed by atoms with van der Waals surface area (Å²) in [6.45, 7) is 0. The third-order valence-corrected chi connectivity index (χ3v) is 6.00. The number of fused-ring (bicyclic) bond motifs is 4. The molecule has 0 N–H and O–H groups in total. The van der Waals surface area contributed by atoms with E-state index in [2.05, 4.69) is 35.6 Å². The highest BCUT2D eigenvalue weighted by molar-refractivity contribution is 7.80. The summed E-state index contributed by atoms with van der Waals surface area (Å²) in [5.74, 6) is 2.35. The molecule has 4 nitrogen and oxygen atoms in total. The average molecular weight is 298 g/mol. The molecule has 4 atom stereocenters. The van der Waals surface area contributed by atoms with Crippen LogP contribution in [-0.2, 0) is 9.68 Å². The van der Waals surface area contributed by atoms with Crippen LogP contribution in [0.2, 0.25) is 0 Å². The summed E-state index contributed by atoms with van der Waals surface area (Å²) in [5, 5.41) is 8.82. The molecule has 0 amide bonds. The van der Waals surface area contributed by atoms with Crippen LogP contribution in [0.3, 0.4) is 0 Å². The number of hydrogen-bond donors (Lipinski definition) is 2. The fourth-order valence-electron chi connectivity index (χ4n) is 4.31. The van der Waals surface area contributed by atoms with E-state index in [1.165, 1.54) is 11.4 Å². The Morgan fingerprint density at radius 3 is 1.84 bits per heavy atom. The molecule has 4 aliphatic rings. The number of thiol groups is 2. The maximum Gasteiger partial charge on any atom is 0.144 e. The summed E-state index contributed by atoms with van der Waals surface area (Å²) in [7, 11) is 0. The van der Waals surface area contributed by atoms with Gasteiger partial charge in [0.05, 0.1) is 16.8 Å². The Kier molecular flexibility index (Phi) is 2.81. The maximum absolute atomic E-state index is 5.56. The van der Waals surface area contributed by atoms with Crippen molar-refractivity contribution >= 4 is 36.7 Å². The Morgan fingerprint density at radius 2 is 1.42 bits per heavy atom. The molecular weight excluding hydrogens is 280 g/mol. The van der Waals surface area contributed by atoms with E-state index >= 15 is 0 Å². The molecule has 0 bridgehead atoms. The van der Waals surface area contributed by atoms with Crippen molar-refractivity contribution in [2.45, 2.75) is 37.9 Å². The first-order valence-electron chi connectivity index (χ1n) is 7.00. The molecule has 2 fully saturated rings. The van der Waals surface area contributed by atoms with Gasteiger partial charge in [0.1, 0.15) is 12.2 Å². The highest BCUT2D eigenvalue weighted by Crippen LogP contribution is 2.56. The van der Waals surface area contributed by atoms with Crippen LogP contribution >= 0.6 is 25.3 Å². The number of oxime groups is 2. The Hall–Kier alpha value is -0.360. The molecule has 0 radical (unpaired) electrons. The molecule has 0 saturated heterocycles. The molecule has 2 aliphatic heterocycles. The van der Waals surface area contributed by atoms with Crippen molar-refractivity contribution in [3.05, 3.63) is 0 Å². The molecule has 0 aromatic rings. The van der Waals surface area contributed by atoms with Gasteiger partial charge in [-0.3, -0.25) is 0 Å². The van der Waals surface area contributed by atoms with Crippen LogP contribution in [0.5, 0.6) is 0 Å². The monoisotopic (exact) mass is 298 g/mol. The standard InChI is InChI=1S/C13H18N2O2S2/c18-5-9-7-1-3-13(11(7)14-16-9)4-2-8-10(6-19)17-15-12(8)13/h7-10,18-19H,1-6H2. The second kappa shape index (κ2) is 4.32. The molecule has 2 saturated carbocycles. The van der Waals surface area contributed by atoms with Crippen LogP contribution in [0.4, 0.5) is 0 Å². The molecule has 6 heteroatoms. The fourth-order valence-corrected chi connectivity index (χ4v) is 4.95. The van der Waals surface area contributed by atoms with Gasteiger partial charge in [-0.25, -0.2) is 0 Å². The summed E-state index contributed by atoms with van der Waals surface area (Å²) in [5.41, 5.74) is 2.47. The highest BCUT2D eigenvalue weighted by atomic mass is 32.1. The van der Waals surface area contributed by atoms with Crippen LogP contribution < -0.4 is 0 Å². The second-order valence-corrected chi connectivity index (χ2v) is 6.71. The molecule has 2 heterocycles. The molecular formula is C13H18N2O2S2. The molecule has 19 heavy (non-hydrogen) atoms. The van der Waals surface area contributed by atoms with Crippen molar-refractivity contribution in [3.63, 3.8) is 0 Å². The van der Waals surface area contributed by atoms with Gasteiger partial charge >= 0.3 is 0 Å². The lowest BCUT2D eigenvalue weighted by molar-refractivity contribution is 0.0745. The lowest BCUT2D eigenvalue weighted by atomic mass is 9.78. The molecule has 4 rings (SSSR count). The normalized spacial score (nSPS) is 46.6. The molecule has 0 aromatic heterocycles. The Labute approximate surface area is 123 Å². The second-order valence-electron chi connectivity index (χ2n) is 5.98. The zero-order valence-corrected chi connectivity index (χ0v) is 12.4. The van der Waals surface area contributed by atoms with E-state index < -0.39 is 0 Å². The summed E-state index contributed by atoms with van der Waals surface area (Å²) in [6, 6.07) is 0. The van der Waals surface area contributed by atoms with Crippen molar-refractivity contribution in [1.29, 1.82) is 0 Å². The highest BCUT2D eigenvalue weighted by Gasteiger charge is 2.61. The SMILES string of the molecule is SCC1ON=C2C1CCC21CCC2C1=NOC2CS. The van der Waals surface area contributed by atoms with Gasteiger partial charge in [0, 0.05) is 23.3 Å². The third kappa shape index (κ3) is 1.50. The fraction of sp³-hybridized carbons (Fsp3) is 0.846. The first kappa shape index (κ1) is 12.4. The number of hydrogen-bond acceptors (Lipinski definition) is 6. The first-order chi connectivity index (χ1) is 9.30. The Morgan fingerprint density at radius 1 is 0.947 bits per heavy atom. The summed E-state index contributed by atoms with van der Waals surface area (Å²) in [4.78, 5) is 11.1. The van der Waals surface area contributed by atoms with Gasteiger partial charge in [-0.1, -0.05) is 10.3 Å². The summed E-state index contributed by atoms with van der Waals surface area (Å²) < 4.78 is 0. The molecule has 1 spiro atoms. The zero-order valence-electron chi connectivity index (χ0n) is 10.7. The van der Waals surface area contributed by atoms with Crippen LogP contribution in [0.25, 0.3) is 0 Å². The zero-order chi connectivity index (χ0) is 13.0. The van der Waals surface area contributed by atoms with Gasteiger partial charge < -0.3 is 9.68 Å². The van der Waals surface area contributed by atoms with Gasteiger partial charge in [0.25, 0.3) is 0 Å². The van der Waals surface area contributed by atoms with Crippen LogP contribution in [0.1, 0.15) is 25.7 Å². The summed E-state index contributed by atoms with van der Waals surface area (Å²) >= 11 is 8.74. The largest absolute Gasteiger partial charge is 0.391 e. The third-order valence-electron chi connectivity index (χ3n) is 5.28. The lowest BCUT2D eigenvalue weighted by Gasteiger charge is -2.22. The minimum absolute atomic E-state index is 0.0325. The molecule has 0 aromatic carbocycles. The number of nitrogens with zero attached hydrogens (tertiary/aromatic N) is 2. The number of rotatable bonds is 2. The lowest BCUT2D eigenvalue weighted by Crippen LogP contribution is -2.35. The van der Waals surface area contributed by atoms with Crippen molar-refractivity contribution in [3.8, 4) is 0 Å². The van der Waals surface area contributed by atoms with Crippen LogP contribution in [0, 0.1) is 17.3 Å². The van der Waals surface area contributed by atoms with Crippen molar-refractivity contribution < 1.29 is 9.68 Å². The van der Waals surface area contributed by atoms with E-state index in [4.69, 9.17) is 9.68 Å².